The Morgan fingerprint density at radius 3 is 3.33 bits per heavy atom. The molecule has 9 heavy (non-hydrogen) atoms. The molecule has 2 unspecified atom stereocenters. The second-order valence-electron chi connectivity index (χ2n) is 1.00. The minimum Gasteiger partial charge on any atom is -0.263 e. The summed E-state index contributed by atoms with van der Waals surface area (Å²) in [5.41, 5.74) is 0. The van der Waals surface area contributed by atoms with Crippen LogP contribution in [0.25, 0.3) is 0 Å². The van der Waals surface area contributed by atoms with Gasteiger partial charge in [0.1, 0.15) is 5.94 Å². The first-order chi connectivity index (χ1) is 4.41. The highest BCUT2D eigenvalue weighted by Gasteiger charge is 1.71. The van der Waals surface area contributed by atoms with Crippen LogP contribution in [0.3, 0.4) is 0 Å². The number of allylic oxidation sites excluding steroid dienone is 1. The highest BCUT2D eigenvalue weighted by molar-refractivity contribution is 7.49. The van der Waals surface area contributed by atoms with Gasteiger partial charge in [0, 0.05) is 20.6 Å². The van der Waals surface area contributed by atoms with Crippen LogP contribution in [-0.4, -0.2) is 12.1 Å². The normalized spacial score (nSPS) is 10.8. The molecule has 0 heterocycles. The number of hydrogen-bond acceptors (Lipinski definition) is 3. The lowest BCUT2D eigenvalue weighted by Crippen LogP contribution is -1.66. The molecule has 6 heteroatoms. The van der Waals surface area contributed by atoms with Gasteiger partial charge >= 0.3 is 0 Å². The summed E-state index contributed by atoms with van der Waals surface area (Å²) in [7, 11) is 3.67. The van der Waals surface area contributed by atoms with Gasteiger partial charge in [-0.3, -0.25) is 4.86 Å². The number of carbonyl (C=O) groups excluding carboxylic acids is 1. The quantitative estimate of drug-likeness (QED) is 0.524. The monoisotopic (exact) mass is 180 g/mol. The average molecular weight is 180 g/mol. The molecule has 1 N–H and O–H groups in total. The molecule has 0 saturated heterocycles. The van der Waals surface area contributed by atoms with Crippen molar-refractivity contribution in [2.75, 3.05) is 6.16 Å². The van der Waals surface area contributed by atoms with Gasteiger partial charge in [-0.2, -0.15) is 0 Å². The molecule has 3 nitrogen and oxygen atoms in total. The highest BCUT2D eigenvalue weighted by Crippen LogP contribution is 2.14. The molecule has 0 bridgehead atoms. The van der Waals surface area contributed by atoms with Gasteiger partial charge in [-0.25, -0.2) is 9.31 Å². The molecule has 0 aromatic rings. The molecule has 0 aliphatic carbocycles. The molecule has 0 aliphatic heterocycles. The molecular weight excluding hydrogens is 173 g/mol. The van der Waals surface area contributed by atoms with Crippen LogP contribution in [0.1, 0.15) is 0 Å². The second-order valence-corrected chi connectivity index (χ2v) is 3.83. The van der Waals surface area contributed by atoms with E-state index < -0.39 is 0 Å². The van der Waals surface area contributed by atoms with E-state index in [-0.39, 0.29) is 0 Å². The molecule has 2 atom stereocenters. The topological polar surface area (TPSA) is 41.5 Å². The van der Waals surface area contributed by atoms with Crippen LogP contribution in [0.2, 0.25) is 0 Å². The van der Waals surface area contributed by atoms with Crippen molar-refractivity contribution in [1.82, 2.24) is 4.86 Å². The van der Waals surface area contributed by atoms with Gasteiger partial charge in [0.15, 0.2) is 0 Å². The molecule has 0 rings (SSSR count). The van der Waals surface area contributed by atoms with Gasteiger partial charge in [0.05, 0.1) is 8.88 Å². The van der Waals surface area contributed by atoms with Crippen molar-refractivity contribution in [3.63, 3.8) is 0 Å². The maximum atomic E-state index is 9.59. The number of hydrogen-bond donors (Lipinski definition) is 1. The van der Waals surface area contributed by atoms with Crippen molar-refractivity contribution in [2.45, 2.75) is 0 Å². The minimum atomic E-state index is 0.402. The Labute approximate surface area is 59.7 Å². The fourth-order valence-corrected chi connectivity index (χ4v) is 1.70. The summed E-state index contributed by atoms with van der Waals surface area (Å²) in [4.78, 5) is 12.4. The molecular formula is C3H7N2OP3. The maximum absolute atomic E-state index is 9.59. The smallest absolute Gasteiger partial charge is 0.120 e. The van der Waals surface area contributed by atoms with Gasteiger partial charge in [-0.05, 0) is 0 Å². The van der Waals surface area contributed by atoms with Gasteiger partial charge in [-0.1, -0.05) is 9.39 Å². The van der Waals surface area contributed by atoms with Crippen molar-refractivity contribution in [3.8, 4) is 0 Å². The van der Waals surface area contributed by atoms with E-state index in [9.17, 15) is 4.79 Å². The summed E-state index contributed by atoms with van der Waals surface area (Å²) < 4.78 is 3.99. The van der Waals surface area contributed by atoms with Crippen LogP contribution in [0.15, 0.2) is 10.6 Å². The lowest BCUT2D eigenvalue weighted by Gasteiger charge is -1.83. The van der Waals surface area contributed by atoms with Gasteiger partial charge in [0.25, 0.3) is 0 Å². The number of nitrogens with zero attached hydrogens (tertiary/aromatic N) is 1. The number of nitrogens with one attached hydrogen (secondary N) is 1. The summed E-state index contributed by atoms with van der Waals surface area (Å²) in [5, 5.41) is 0. The zero-order chi connectivity index (χ0) is 6.95. The summed E-state index contributed by atoms with van der Waals surface area (Å²) >= 11 is 0. The largest absolute Gasteiger partial charge is 0.263 e. The van der Waals surface area contributed by atoms with E-state index in [1.54, 1.807) is 5.94 Å². The molecule has 50 valence electrons. The van der Waals surface area contributed by atoms with Crippen LogP contribution in [0, 0.1) is 0 Å². The fraction of sp³-hybridized carbons (Fsp3) is 0.333. The van der Waals surface area contributed by atoms with Gasteiger partial charge in [-0.15, -0.1) is 0 Å². The third kappa shape index (κ3) is 8.37. The SMILES string of the molecule is O=C=CCP=NPNP. The first kappa shape index (κ1) is 9.37. The molecule has 0 aromatic heterocycles. The van der Waals surface area contributed by atoms with Crippen molar-refractivity contribution >= 4 is 32.6 Å². The van der Waals surface area contributed by atoms with Crippen LogP contribution >= 0.6 is 26.6 Å². The van der Waals surface area contributed by atoms with E-state index >= 15 is 0 Å². The second kappa shape index (κ2) is 8.37. The van der Waals surface area contributed by atoms with Gasteiger partial charge < -0.3 is 0 Å². The lowest BCUT2D eigenvalue weighted by molar-refractivity contribution is 0.568. The summed E-state index contributed by atoms with van der Waals surface area (Å²) in [6.07, 6.45) is 2.10. The molecule has 0 spiro atoms. The van der Waals surface area contributed by atoms with Gasteiger partial charge in [0.2, 0.25) is 0 Å². The van der Waals surface area contributed by atoms with Crippen LogP contribution < -0.4 is 4.86 Å². The van der Waals surface area contributed by atoms with E-state index in [1.807, 2.05) is 0 Å². The highest BCUT2D eigenvalue weighted by atomic mass is 31.1. The van der Waals surface area contributed by atoms with Crippen molar-refractivity contribution < 1.29 is 4.79 Å². The Morgan fingerprint density at radius 1 is 2.00 bits per heavy atom. The summed E-state index contributed by atoms with van der Waals surface area (Å²) in [6, 6.07) is 0. The average Bonchev–Trinajstić information content (AvgIpc) is 1.89. The first-order valence-electron chi connectivity index (χ1n) is 2.18. The van der Waals surface area contributed by atoms with Crippen molar-refractivity contribution in [2.24, 2.45) is 4.52 Å². The third-order valence-corrected chi connectivity index (χ3v) is 2.27. The zero-order valence-corrected chi connectivity index (χ0v) is 7.71. The molecule has 0 saturated carbocycles. The van der Waals surface area contributed by atoms with E-state index in [0.29, 0.717) is 15.0 Å². The van der Waals surface area contributed by atoms with Crippen molar-refractivity contribution in [1.29, 1.82) is 0 Å². The molecule has 0 radical (unpaired) electrons. The summed E-state index contributed by atoms with van der Waals surface area (Å²) in [5.74, 6) is 1.68. The van der Waals surface area contributed by atoms with E-state index in [1.165, 1.54) is 6.08 Å². The minimum absolute atomic E-state index is 0.402. The van der Waals surface area contributed by atoms with Crippen LogP contribution in [0.5, 0.6) is 0 Å². The Hall–Kier alpha value is 0.370. The van der Waals surface area contributed by atoms with Crippen LogP contribution in [0.4, 0.5) is 0 Å². The lowest BCUT2D eigenvalue weighted by atomic mass is 10.8. The van der Waals surface area contributed by atoms with E-state index in [4.69, 9.17) is 0 Å². The third-order valence-electron chi connectivity index (χ3n) is 0.442. The Bertz CT molecular complexity index is 131. The van der Waals surface area contributed by atoms with Crippen LogP contribution in [-0.2, 0) is 4.79 Å². The first-order valence-corrected chi connectivity index (χ1v) is 4.74. The predicted molar refractivity (Wildman–Crippen MR) is 45.6 cm³/mol. The Balaban J connectivity index is 3.14. The standard InChI is InChI=1S/C3H7N2OP3/c6-2-1-3-8-5-9-4-7/h1,4,9H,3,7H2. The summed E-state index contributed by atoms with van der Waals surface area (Å²) in [6.45, 7) is 0. The molecule has 0 fully saturated rings. The Kier molecular flexibility index (Phi) is 8.71. The molecule has 0 amide bonds. The molecule has 0 aliphatic rings. The molecule has 0 aromatic carbocycles. The Morgan fingerprint density at radius 2 is 2.78 bits per heavy atom. The number of rotatable bonds is 4. The fourth-order valence-electron chi connectivity index (χ4n) is 0.183. The maximum Gasteiger partial charge on any atom is 0.120 e. The van der Waals surface area contributed by atoms with E-state index in [2.05, 4.69) is 18.8 Å². The van der Waals surface area contributed by atoms with Crippen molar-refractivity contribution in [3.05, 3.63) is 6.08 Å². The van der Waals surface area contributed by atoms with E-state index in [0.717, 1.165) is 8.37 Å². The predicted octanol–water partition coefficient (Wildman–Crippen LogP) is 1.39. The zero-order valence-electron chi connectivity index (χ0n) is 4.66.